The monoisotopic (exact) mass is 321 g/mol. The van der Waals surface area contributed by atoms with E-state index in [1.165, 1.54) is 0 Å². The van der Waals surface area contributed by atoms with E-state index in [2.05, 4.69) is 5.32 Å². The number of alkyl halides is 1. The molecule has 0 spiro atoms. The fourth-order valence-electron chi connectivity index (χ4n) is 2.71. The number of carbonyl (C=O) groups is 1. The number of fused-ring (bicyclic) bond motifs is 2. The van der Waals surface area contributed by atoms with Crippen LogP contribution in [0.5, 0.6) is 11.5 Å². The van der Waals surface area contributed by atoms with Crippen molar-refractivity contribution in [2.24, 2.45) is 0 Å². The number of para-hydroxylation sites is 1. The van der Waals surface area contributed by atoms with Crippen molar-refractivity contribution in [1.29, 1.82) is 0 Å². The summed E-state index contributed by atoms with van der Waals surface area (Å²) in [5, 5.41) is 3.29. The molecule has 1 atom stereocenters. The molecule has 2 aromatic carbocycles. The number of hydrogen-bond donors (Lipinski definition) is 1. The number of hydrogen-bond acceptors (Lipinski definition) is 3. The van der Waals surface area contributed by atoms with Crippen molar-refractivity contribution in [3.8, 4) is 11.5 Å². The van der Waals surface area contributed by atoms with Gasteiger partial charge >= 0.3 is 0 Å². The summed E-state index contributed by atoms with van der Waals surface area (Å²) < 4.78 is 10.8. The first kappa shape index (κ1) is 12.8. The largest absolute Gasteiger partial charge is 0.454 e. The van der Waals surface area contributed by atoms with Gasteiger partial charge in [-0.15, -0.1) is 0 Å². The van der Waals surface area contributed by atoms with E-state index in [9.17, 15) is 4.79 Å². The van der Waals surface area contributed by atoms with Crippen LogP contribution in [-0.2, 0) is 9.67 Å². The number of carbonyl (C=O) groups excluding carboxylic acids is 1. The fourth-order valence-corrected chi connectivity index (χ4v) is 3.23. The molecule has 0 aliphatic carbocycles. The van der Waals surface area contributed by atoms with E-state index in [-0.39, 0.29) is 12.7 Å². The number of benzene rings is 2. The third kappa shape index (κ3) is 1.66. The van der Waals surface area contributed by atoms with Crippen molar-refractivity contribution >= 4 is 34.8 Å². The highest BCUT2D eigenvalue weighted by atomic mass is 35.5. The molecule has 4 nitrogen and oxygen atoms in total. The van der Waals surface area contributed by atoms with E-state index in [1.54, 1.807) is 36.4 Å². The number of amides is 1. The summed E-state index contributed by atoms with van der Waals surface area (Å²) in [7, 11) is 0. The van der Waals surface area contributed by atoms with Crippen LogP contribution in [0.15, 0.2) is 36.4 Å². The van der Waals surface area contributed by atoms with Gasteiger partial charge in [-0.2, -0.15) is 0 Å². The smallest absolute Gasteiger partial charge is 0.254 e. The third-order valence-corrected chi connectivity index (χ3v) is 4.50. The Morgan fingerprint density at radius 2 is 2.00 bits per heavy atom. The third-order valence-electron chi connectivity index (χ3n) is 3.68. The van der Waals surface area contributed by atoms with Crippen molar-refractivity contribution in [1.82, 2.24) is 0 Å². The average Bonchev–Trinajstić information content (AvgIpc) is 3.04. The van der Waals surface area contributed by atoms with Gasteiger partial charge in [0.25, 0.3) is 5.91 Å². The first-order valence-electron chi connectivity index (χ1n) is 6.30. The Morgan fingerprint density at radius 1 is 1.14 bits per heavy atom. The molecule has 0 radical (unpaired) electrons. The zero-order valence-corrected chi connectivity index (χ0v) is 12.2. The first-order chi connectivity index (χ1) is 10.1. The Labute approximate surface area is 130 Å². The van der Waals surface area contributed by atoms with Crippen LogP contribution < -0.4 is 14.8 Å². The van der Waals surface area contributed by atoms with Crippen LogP contribution in [0.2, 0.25) is 5.02 Å². The van der Waals surface area contributed by atoms with Crippen LogP contribution >= 0.6 is 23.2 Å². The van der Waals surface area contributed by atoms with Gasteiger partial charge in [-0.3, -0.25) is 4.79 Å². The Hall–Kier alpha value is -1.91. The minimum atomic E-state index is -1.38. The van der Waals surface area contributed by atoms with E-state index in [0.717, 1.165) is 0 Å². The van der Waals surface area contributed by atoms with Gasteiger partial charge in [0.1, 0.15) is 0 Å². The van der Waals surface area contributed by atoms with Gasteiger partial charge in [0.2, 0.25) is 6.79 Å². The number of rotatable bonds is 1. The van der Waals surface area contributed by atoms with E-state index >= 15 is 0 Å². The number of halogens is 2. The summed E-state index contributed by atoms with van der Waals surface area (Å²) in [5.74, 6) is 0.747. The summed E-state index contributed by atoms with van der Waals surface area (Å²) in [6, 6.07) is 10.5. The molecule has 106 valence electrons. The van der Waals surface area contributed by atoms with Crippen molar-refractivity contribution in [3.05, 3.63) is 52.5 Å². The van der Waals surface area contributed by atoms with Crippen LogP contribution in [-0.4, -0.2) is 12.7 Å². The van der Waals surface area contributed by atoms with Crippen molar-refractivity contribution in [2.45, 2.75) is 4.87 Å². The molecule has 2 aromatic rings. The molecule has 2 aliphatic rings. The lowest BCUT2D eigenvalue weighted by Gasteiger charge is -2.21. The molecular formula is C15H9Cl2NO3. The highest BCUT2D eigenvalue weighted by Crippen LogP contribution is 2.52. The van der Waals surface area contributed by atoms with Crippen LogP contribution in [0, 0.1) is 0 Å². The summed E-state index contributed by atoms with van der Waals surface area (Å²) in [6.45, 7) is 0.114. The van der Waals surface area contributed by atoms with Gasteiger partial charge < -0.3 is 14.8 Å². The molecule has 1 amide bonds. The van der Waals surface area contributed by atoms with Crippen molar-refractivity contribution in [2.75, 3.05) is 12.1 Å². The van der Waals surface area contributed by atoms with Gasteiger partial charge in [0.15, 0.2) is 16.4 Å². The normalized spacial score (nSPS) is 22.1. The molecule has 0 aromatic heterocycles. The van der Waals surface area contributed by atoms with Gasteiger partial charge in [-0.1, -0.05) is 35.3 Å². The van der Waals surface area contributed by atoms with Gasteiger partial charge in [-0.25, -0.2) is 0 Å². The molecule has 2 heterocycles. The zero-order chi connectivity index (χ0) is 14.6. The molecule has 2 aliphatic heterocycles. The highest BCUT2D eigenvalue weighted by Gasteiger charge is 2.49. The topological polar surface area (TPSA) is 47.6 Å². The van der Waals surface area contributed by atoms with Gasteiger partial charge in [0, 0.05) is 21.8 Å². The Bertz CT molecular complexity index is 778. The average molecular weight is 322 g/mol. The van der Waals surface area contributed by atoms with Crippen molar-refractivity contribution < 1.29 is 14.3 Å². The maximum Gasteiger partial charge on any atom is 0.254 e. The van der Waals surface area contributed by atoms with E-state index in [0.29, 0.717) is 33.3 Å². The molecule has 0 saturated heterocycles. The minimum absolute atomic E-state index is 0.114. The van der Waals surface area contributed by atoms with E-state index in [1.807, 2.05) is 0 Å². The second-order valence-electron chi connectivity index (χ2n) is 4.84. The summed E-state index contributed by atoms with van der Waals surface area (Å²) in [5.41, 5.74) is 1.82. The maximum absolute atomic E-state index is 12.5. The quantitative estimate of drug-likeness (QED) is 0.818. The SMILES string of the molecule is O=C1Nc2ccc(Cl)cc2C1(Cl)c1cccc2c1OCO2. The Kier molecular flexibility index (Phi) is 2.62. The highest BCUT2D eigenvalue weighted by molar-refractivity contribution is 6.42. The van der Waals surface area contributed by atoms with Gasteiger partial charge in [-0.05, 0) is 24.3 Å². The molecule has 21 heavy (non-hydrogen) atoms. The Balaban J connectivity index is 1.98. The lowest BCUT2D eigenvalue weighted by molar-refractivity contribution is -0.117. The second kappa shape index (κ2) is 4.29. The lowest BCUT2D eigenvalue weighted by Crippen LogP contribution is -2.30. The molecule has 0 bridgehead atoms. The molecule has 0 fully saturated rings. The molecule has 6 heteroatoms. The molecular weight excluding hydrogens is 313 g/mol. The predicted molar refractivity (Wildman–Crippen MR) is 79.3 cm³/mol. The maximum atomic E-state index is 12.5. The van der Waals surface area contributed by atoms with Gasteiger partial charge in [0.05, 0.1) is 0 Å². The summed E-state index contributed by atoms with van der Waals surface area (Å²) in [4.78, 5) is 11.1. The van der Waals surface area contributed by atoms with Crippen LogP contribution in [0.25, 0.3) is 0 Å². The number of nitrogens with one attached hydrogen (secondary N) is 1. The minimum Gasteiger partial charge on any atom is -0.454 e. The Morgan fingerprint density at radius 3 is 2.86 bits per heavy atom. The van der Waals surface area contributed by atoms with Crippen LogP contribution in [0.1, 0.15) is 11.1 Å². The second-order valence-corrected chi connectivity index (χ2v) is 5.85. The molecule has 0 saturated carbocycles. The van der Waals surface area contributed by atoms with E-state index < -0.39 is 4.87 Å². The summed E-state index contributed by atoms with van der Waals surface area (Å²) >= 11 is 12.8. The van der Waals surface area contributed by atoms with Crippen molar-refractivity contribution in [3.63, 3.8) is 0 Å². The lowest BCUT2D eigenvalue weighted by atomic mass is 9.90. The van der Waals surface area contributed by atoms with Crippen LogP contribution in [0.4, 0.5) is 5.69 Å². The van der Waals surface area contributed by atoms with E-state index in [4.69, 9.17) is 32.7 Å². The molecule has 4 rings (SSSR count). The molecule has 1 unspecified atom stereocenters. The van der Waals surface area contributed by atoms with Crippen LogP contribution in [0.3, 0.4) is 0 Å². The molecule has 1 N–H and O–H groups in total. The summed E-state index contributed by atoms with van der Waals surface area (Å²) in [6.07, 6.45) is 0. The number of anilines is 1. The standard InChI is InChI=1S/C15H9Cl2NO3/c16-8-4-5-11-10(6-8)15(17,14(19)18-11)9-2-1-3-12-13(9)21-7-20-12/h1-6H,7H2,(H,18,19). The zero-order valence-electron chi connectivity index (χ0n) is 10.7. The number of ether oxygens (including phenoxy) is 2. The predicted octanol–water partition coefficient (Wildman–Crippen LogP) is 3.50. The fraction of sp³-hybridized carbons (Fsp3) is 0.133. The first-order valence-corrected chi connectivity index (χ1v) is 7.06.